The molecule has 0 spiro atoms. The number of piperidine rings is 1. The molecule has 2 aromatic carbocycles. The van der Waals surface area contributed by atoms with Crippen LogP contribution in [0.4, 0.5) is 5.69 Å². The average Bonchev–Trinajstić information content (AvgIpc) is 2.91. The molecule has 0 aromatic heterocycles. The van der Waals surface area contributed by atoms with Crippen LogP contribution in [0, 0.1) is 0 Å². The molecule has 0 saturated carbocycles. The standard InChI is InChI=1S/C31H44N3O2/c1-8-27(29(35)34(25-14-12-11-13-15-25)20-18-24(33-32)19-21-34)36-28-17-16-23(30(4,5)9-2)22-26(28)31(6,7)10-3/h11-17,22,27H,8-10,18-21H2,1-7H3/q+1. The van der Waals surface area contributed by atoms with E-state index in [1.165, 1.54) is 5.56 Å². The van der Waals surface area contributed by atoms with E-state index >= 15 is 0 Å². The lowest BCUT2D eigenvalue weighted by Gasteiger charge is -2.39. The van der Waals surface area contributed by atoms with Crippen LogP contribution >= 0.6 is 0 Å². The minimum Gasteiger partial charge on any atom is -0.476 e. The minimum absolute atomic E-state index is 0.0684. The van der Waals surface area contributed by atoms with Crippen LogP contribution in [0.1, 0.15) is 91.7 Å². The topological polar surface area (TPSA) is 62.7 Å². The number of likely N-dealkylation sites (tertiary alicyclic amines) is 1. The fourth-order valence-electron chi connectivity index (χ4n) is 5.01. The number of nitrogens with zero attached hydrogens (tertiary/aromatic N) is 3. The van der Waals surface area contributed by atoms with Gasteiger partial charge in [-0.1, -0.05) is 78.8 Å². The van der Waals surface area contributed by atoms with Gasteiger partial charge in [0.25, 0.3) is 5.71 Å². The Hall–Kier alpha value is -2.75. The number of carbonyl (C=O) groups excluding carboxylic acids is 1. The quantitative estimate of drug-likeness (QED) is 0.212. The lowest BCUT2D eigenvalue weighted by molar-refractivity contribution is -0.138. The second kappa shape index (κ2) is 11.1. The van der Waals surface area contributed by atoms with Crippen LogP contribution in [0.25, 0.3) is 5.53 Å². The molecule has 3 rings (SSSR count). The summed E-state index contributed by atoms with van der Waals surface area (Å²) in [7, 11) is 0. The molecule has 2 aromatic rings. The van der Waals surface area contributed by atoms with E-state index in [1.54, 1.807) is 0 Å². The van der Waals surface area contributed by atoms with Crippen molar-refractivity contribution in [3.8, 4) is 5.75 Å². The molecule has 36 heavy (non-hydrogen) atoms. The van der Waals surface area contributed by atoms with E-state index in [0.717, 1.165) is 35.6 Å². The Balaban J connectivity index is 2.03. The number of rotatable bonds is 9. The molecule has 0 bridgehead atoms. The van der Waals surface area contributed by atoms with E-state index < -0.39 is 6.10 Å². The monoisotopic (exact) mass is 490 g/mol. The molecule has 1 aliphatic rings. The highest BCUT2D eigenvalue weighted by atomic mass is 16.5. The number of benzene rings is 2. The molecular weight excluding hydrogens is 446 g/mol. The van der Waals surface area contributed by atoms with Crippen molar-refractivity contribution in [2.45, 2.75) is 97.5 Å². The zero-order valence-corrected chi connectivity index (χ0v) is 23.3. The van der Waals surface area contributed by atoms with E-state index in [0.29, 0.717) is 32.4 Å². The summed E-state index contributed by atoms with van der Waals surface area (Å²) in [4.78, 5) is 17.7. The molecule has 5 nitrogen and oxygen atoms in total. The van der Waals surface area contributed by atoms with Gasteiger partial charge >= 0.3 is 5.91 Å². The molecule has 194 valence electrons. The van der Waals surface area contributed by atoms with Gasteiger partial charge in [-0.2, -0.15) is 4.79 Å². The maximum atomic E-state index is 14.3. The van der Waals surface area contributed by atoms with Gasteiger partial charge in [0.2, 0.25) is 6.10 Å². The summed E-state index contributed by atoms with van der Waals surface area (Å²) in [5.74, 6) is 0.873. The third kappa shape index (κ3) is 5.48. The summed E-state index contributed by atoms with van der Waals surface area (Å²) in [5.41, 5.74) is 13.5. The van der Waals surface area contributed by atoms with Crippen LogP contribution in [0.5, 0.6) is 5.75 Å². The molecule has 1 atom stereocenters. The van der Waals surface area contributed by atoms with Gasteiger partial charge in [0, 0.05) is 5.56 Å². The highest BCUT2D eigenvalue weighted by Gasteiger charge is 2.47. The number of hydrogen-bond acceptors (Lipinski definition) is 2. The Morgan fingerprint density at radius 1 is 0.972 bits per heavy atom. The van der Waals surface area contributed by atoms with Gasteiger partial charge in [-0.3, -0.25) is 0 Å². The molecule has 1 unspecified atom stereocenters. The smallest absolute Gasteiger partial charge is 0.359 e. The number of para-hydroxylation sites is 1. The SMILES string of the molecule is CCC(Oc1ccc(C(C)(C)CC)cc1C(C)(C)CC)C(=O)[N+]1(c2ccccc2)CCC(=[N+]=[N-])CC1. The van der Waals surface area contributed by atoms with E-state index in [2.05, 4.69) is 64.5 Å². The first kappa shape index (κ1) is 27.8. The molecule has 0 aliphatic carbocycles. The molecule has 0 radical (unpaired) electrons. The molecule has 1 aliphatic heterocycles. The Morgan fingerprint density at radius 3 is 2.11 bits per heavy atom. The predicted molar refractivity (Wildman–Crippen MR) is 149 cm³/mol. The zero-order chi connectivity index (χ0) is 26.6. The maximum Gasteiger partial charge on any atom is 0.359 e. The van der Waals surface area contributed by atoms with Crippen LogP contribution in [0.15, 0.2) is 48.5 Å². The largest absolute Gasteiger partial charge is 0.476 e. The van der Waals surface area contributed by atoms with E-state index in [9.17, 15) is 10.3 Å². The number of ether oxygens (including phenoxy) is 1. The normalized spacial score (nSPS) is 19.5. The van der Waals surface area contributed by atoms with Crippen LogP contribution < -0.4 is 9.22 Å². The third-order valence-electron chi connectivity index (χ3n) is 8.55. The first-order valence-electron chi connectivity index (χ1n) is 13.5. The van der Waals surface area contributed by atoms with Gasteiger partial charge in [0.1, 0.15) is 24.5 Å². The molecule has 0 N–H and O–H groups in total. The molecule has 1 heterocycles. The van der Waals surface area contributed by atoms with Crippen molar-refractivity contribution in [1.82, 2.24) is 4.48 Å². The van der Waals surface area contributed by atoms with Crippen molar-refractivity contribution < 1.29 is 14.3 Å². The van der Waals surface area contributed by atoms with Crippen molar-refractivity contribution in [3.63, 3.8) is 0 Å². The van der Waals surface area contributed by atoms with Gasteiger partial charge in [0.05, 0.1) is 12.8 Å². The van der Waals surface area contributed by atoms with Crippen LogP contribution in [-0.4, -0.2) is 35.6 Å². The van der Waals surface area contributed by atoms with E-state index in [-0.39, 0.29) is 21.2 Å². The van der Waals surface area contributed by atoms with Gasteiger partial charge in [-0.15, -0.1) is 0 Å². The summed E-state index contributed by atoms with van der Waals surface area (Å²) in [6.45, 7) is 16.6. The molecule has 1 fully saturated rings. The number of amides is 1. The third-order valence-corrected chi connectivity index (χ3v) is 8.55. The first-order chi connectivity index (χ1) is 17.0. The molecule has 1 saturated heterocycles. The van der Waals surface area contributed by atoms with Crippen LogP contribution in [-0.2, 0) is 15.6 Å². The molecule has 1 amide bonds. The summed E-state index contributed by atoms with van der Waals surface area (Å²) in [5, 5.41) is 0. The number of carbonyl (C=O) groups is 1. The number of quaternary nitrogens is 1. The summed E-state index contributed by atoms with van der Waals surface area (Å²) in [6.07, 6.45) is 3.20. The minimum atomic E-state index is -0.575. The van der Waals surface area contributed by atoms with Gasteiger partial charge in [-0.05, 0) is 53.9 Å². The maximum absolute atomic E-state index is 14.3. The van der Waals surface area contributed by atoms with E-state index in [4.69, 9.17) is 4.74 Å². The van der Waals surface area contributed by atoms with Gasteiger partial charge < -0.3 is 10.3 Å². The van der Waals surface area contributed by atoms with Crippen molar-refractivity contribution in [2.75, 3.05) is 13.1 Å². The second-order valence-electron chi connectivity index (χ2n) is 11.5. The molecular formula is C31H44N3O2+. The molecule has 5 heteroatoms. The van der Waals surface area contributed by atoms with Crippen molar-refractivity contribution >= 4 is 17.3 Å². The summed E-state index contributed by atoms with van der Waals surface area (Å²) < 4.78 is 6.87. The lowest BCUT2D eigenvalue weighted by atomic mass is 9.76. The predicted octanol–water partition coefficient (Wildman–Crippen LogP) is 7.22. The summed E-state index contributed by atoms with van der Waals surface area (Å²) >= 11 is 0. The first-order valence-corrected chi connectivity index (χ1v) is 13.5. The van der Waals surface area contributed by atoms with Gasteiger partial charge in [0.15, 0.2) is 0 Å². The fourth-order valence-corrected chi connectivity index (χ4v) is 5.01. The number of hydrogen-bond donors (Lipinski definition) is 0. The van der Waals surface area contributed by atoms with E-state index in [1.807, 2.05) is 37.3 Å². The van der Waals surface area contributed by atoms with Crippen molar-refractivity contribution in [1.29, 1.82) is 0 Å². The van der Waals surface area contributed by atoms with Crippen LogP contribution in [0.3, 0.4) is 0 Å². The fraction of sp³-hybridized carbons (Fsp3) is 0.548. The highest BCUT2D eigenvalue weighted by Crippen LogP contribution is 2.39. The highest BCUT2D eigenvalue weighted by molar-refractivity contribution is 5.95. The average molecular weight is 491 g/mol. The Kier molecular flexibility index (Phi) is 8.59. The Bertz CT molecular complexity index is 1100. The zero-order valence-electron chi connectivity index (χ0n) is 23.3. The van der Waals surface area contributed by atoms with Crippen LogP contribution in [0.2, 0.25) is 0 Å². The Morgan fingerprint density at radius 2 is 1.58 bits per heavy atom. The van der Waals surface area contributed by atoms with Crippen molar-refractivity contribution in [2.24, 2.45) is 0 Å². The lowest BCUT2D eigenvalue weighted by Crippen LogP contribution is -2.62. The Labute approximate surface area is 217 Å². The van der Waals surface area contributed by atoms with Gasteiger partial charge in [-0.25, -0.2) is 9.28 Å². The summed E-state index contributed by atoms with van der Waals surface area (Å²) in [6, 6.07) is 16.5. The van der Waals surface area contributed by atoms with Crippen molar-refractivity contribution in [3.05, 3.63) is 65.2 Å². The second-order valence-corrected chi connectivity index (χ2v) is 11.5.